The fourth-order valence-corrected chi connectivity index (χ4v) is 4.15. The number of rotatable bonds is 10. The summed E-state index contributed by atoms with van der Waals surface area (Å²) in [6.45, 7) is 8.28. The van der Waals surface area contributed by atoms with E-state index in [1.54, 1.807) is 4.90 Å². The van der Waals surface area contributed by atoms with Crippen molar-refractivity contribution in [1.82, 2.24) is 10.2 Å². The number of carbonyl (C=O) groups excluding carboxylic acids is 2. The van der Waals surface area contributed by atoms with Gasteiger partial charge in [0.25, 0.3) is 0 Å². The molecule has 0 unspecified atom stereocenters. The van der Waals surface area contributed by atoms with Crippen molar-refractivity contribution in [3.05, 3.63) is 107 Å². The summed E-state index contributed by atoms with van der Waals surface area (Å²) in [7, 11) is 0. The van der Waals surface area contributed by atoms with E-state index in [4.69, 9.17) is 0 Å². The molecule has 0 saturated heterocycles. The Morgan fingerprint density at radius 3 is 1.97 bits per heavy atom. The molecule has 34 heavy (non-hydrogen) atoms. The van der Waals surface area contributed by atoms with E-state index in [9.17, 15) is 9.59 Å². The largest absolute Gasteiger partial charge is 0.352 e. The van der Waals surface area contributed by atoms with Gasteiger partial charge in [-0.05, 0) is 43.9 Å². The van der Waals surface area contributed by atoms with E-state index in [1.807, 2.05) is 82.3 Å². The topological polar surface area (TPSA) is 49.4 Å². The molecule has 4 nitrogen and oxygen atoms in total. The third-order valence-corrected chi connectivity index (χ3v) is 6.39. The summed E-state index contributed by atoms with van der Waals surface area (Å²) in [6.07, 6.45) is 1.13. The highest BCUT2D eigenvalue weighted by atomic mass is 16.2. The first-order valence-corrected chi connectivity index (χ1v) is 12.1. The van der Waals surface area contributed by atoms with Crippen LogP contribution in [0, 0.1) is 6.92 Å². The second-order valence-electron chi connectivity index (χ2n) is 9.08. The maximum absolute atomic E-state index is 13.8. The van der Waals surface area contributed by atoms with Gasteiger partial charge in [-0.25, -0.2) is 0 Å². The first kappa shape index (κ1) is 25.2. The van der Waals surface area contributed by atoms with E-state index in [-0.39, 0.29) is 23.8 Å². The van der Waals surface area contributed by atoms with Gasteiger partial charge in [0.1, 0.15) is 6.04 Å². The van der Waals surface area contributed by atoms with Crippen molar-refractivity contribution in [2.75, 3.05) is 0 Å². The summed E-state index contributed by atoms with van der Waals surface area (Å²) in [5.74, 6) is -0.239. The Kier molecular flexibility index (Phi) is 9.03. The fourth-order valence-electron chi connectivity index (χ4n) is 4.15. The Morgan fingerprint density at radius 1 is 0.853 bits per heavy atom. The second-order valence-corrected chi connectivity index (χ2v) is 9.08. The Morgan fingerprint density at radius 2 is 1.44 bits per heavy atom. The minimum atomic E-state index is -0.575. The normalized spacial score (nSPS) is 12.7. The summed E-state index contributed by atoms with van der Waals surface area (Å²) in [4.78, 5) is 28.6. The molecule has 2 atom stereocenters. The molecule has 3 aromatic rings. The summed E-state index contributed by atoms with van der Waals surface area (Å²) in [6, 6.07) is 27.8. The molecule has 3 rings (SSSR count). The van der Waals surface area contributed by atoms with Gasteiger partial charge in [0.05, 0.1) is 0 Å². The zero-order chi connectivity index (χ0) is 24.5. The lowest BCUT2D eigenvalue weighted by molar-refractivity contribution is -0.141. The van der Waals surface area contributed by atoms with Crippen LogP contribution in [0.1, 0.15) is 61.8 Å². The van der Waals surface area contributed by atoms with Gasteiger partial charge >= 0.3 is 0 Å². The van der Waals surface area contributed by atoms with Crippen molar-refractivity contribution in [1.29, 1.82) is 0 Å². The van der Waals surface area contributed by atoms with Gasteiger partial charge in [-0.2, -0.15) is 0 Å². The molecule has 0 fully saturated rings. The third kappa shape index (κ3) is 6.80. The predicted molar refractivity (Wildman–Crippen MR) is 138 cm³/mol. The van der Waals surface area contributed by atoms with Crippen LogP contribution < -0.4 is 5.32 Å². The van der Waals surface area contributed by atoms with Crippen LogP contribution in [0.2, 0.25) is 0 Å². The van der Waals surface area contributed by atoms with Crippen LogP contribution in [0.25, 0.3) is 0 Å². The first-order valence-electron chi connectivity index (χ1n) is 12.1. The highest BCUT2D eigenvalue weighted by molar-refractivity contribution is 5.88. The number of benzene rings is 3. The highest BCUT2D eigenvalue weighted by Crippen LogP contribution is 2.29. The van der Waals surface area contributed by atoms with Gasteiger partial charge < -0.3 is 10.2 Å². The van der Waals surface area contributed by atoms with Crippen LogP contribution in [0.15, 0.2) is 84.9 Å². The van der Waals surface area contributed by atoms with Crippen molar-refractivity contribution in [2.45, 2.75) is 65.1 Å². The predicted octanol–water partition coefficient (Wildman–Crippen LogP) is 5.85. The van der Waals surface area contributed by atoms with Gasteiger partial charge in [0.15, 0.2) is 0 Å². The maximum atomic E-state index is 13.8. The molecular formula is C30H36N2O2. The standard InChI is InChI=1S/C30H36N2O2/c1-5-23(3)31-30(34)24(4)32(21-25-14-12-13-22(2)19-25)29(33)20-28(26-15-8-6-9-16-26)27-17-10-7-11-18-27/h6-19,23-24,28H,5,20-21H2,1-4H3,(H,31,34)/t23-,24+/m0/s1. The van der Waals surface area contributed by atoms with Crippen molar-refractivity contribution in [2.24, 2.45) is 0 Å². The van der Waals surface area contributed by atoms with Crippen LogP contribution in [-0.2, 0) is 16.1 Å². The highest BCUT2D eigenvalue weighted by Gasteiger charge is 2.29. The van der Waals surface area contributed by atoms with E-state index < -0.39 is 6.04 Å². The molecule has 0 aromatic heterocycles. The lowest BCUT2D eigenvalue weighted by atomic mass is 9.88. The Bertz CT molecular complexity index is 1030. The van der Waals surface area contributed by atoms with Crippen molar-refractivity contribution in [3.8, 4) is 0 Å². The minimum absolute atomic E-state index is 0.0361. The maximum Gasteiger partial charge on any atom is 0.242 e. The molecule has 0 aliphatic rings. The summed E-state index contributed by atoms with van der Waals surface area (Å²) in [5.41, 5.74) is 4.34. The molecule has 0 heterocycles. The lowest BCUT2D eigenvalue weighted by Crippen LogP contribution is -2.49. The van der Waals surface area contributed by atoms with Gasteiger partial charge in [0.2, 0.25) is 11.8 Å². The van der Waals surface area contributed by atoms with Crippen LogP contribution >= 0.6 is 0 Å². The van der Waals surface area contributed by atoms with Crippen LogP contribution in [0.4, 0.5) is 0 Å². The van der Waals surface area contributed by atoms with Gasteiger partial charge in [-0.15, -0.1) is 0 Å². The summed E-state index contributed by atoms with van der Waals surface area (Å²) in [5, 5.41) is 3.05. The molecule has 0 spiro atoms. The van der Waals surface area contributed by atoms with Crippen molar-refractivity contribution < 1.29 is 9.59 Å². The molecule has 0 radical (unpaired) electrons. The van der Waals surface area contributed by atoms with Crippen LogP contribution in [-0.4, -0.2) is 28.8 Å². The Labute approximate surface area is 204 Å². The van der Waals surface area contributed by atoms with Crippen molar-refractivity contribution >= 4 is 11.8 Å². The Balaban J connectivity index is 1.91. The smallest absolute Gasteiger partial charge is 0.242 e. The second kappa shape index (κ2) is 12.2. The number of aryl methyl sites for hydroxylation is 1. The van der Waals surface area contributed by atoms with E-state index in [2.05, 4.69) is 35.6 Å². The quantitative estimate of drug-likeness (QED) is 0.416. The number of hydrogen-bond acceptors (Lipinski definition) is 2. The van der Waals surface area contributed by atoms with Gasteiger partial charge in [0, 0.05) is 24.9 Å². The SMILES string of the molecule is CC[C@H](C)NC(=O)[C@@H](C)N(Cc1cccc(C)c1)C(=O)CC(c1ccccc1)c1ccccc1. The zero-order valence-corrected chi connectivity index (χ0v) is 20.7. The van der Waals surface area contributed by atoms with Crippen LogP contribution in [0.3, 0.4) is 0 Å². The average Bonchev–Trinajstić information content (AvgIpc) is 2.86. The van der Waals surface area contributed by atoms with Gasteiger partial charge in [-0.3, -0.25) is 9.59 Å². The number of carbonyl (C=O) groups is 2. The van der Waals surface area contributed by atoms with Crippen molar-refractivity contribution in [3.63, 3.8) is 0 Å². The van der Waals surface area contributed by atoms with Crippen LogP contribution in [0.5, 0.6) is 0 Å². The molecule has 0 saturated carbocycles. The number of nitrogens with zero attached hydrogens (tertiary/aromatic N) is 1. The average molecular weight is 457 g/mol. The molecule has 3 aromatic carbocycles. The first-order chi connectivity index (χ1) is 16.4. The summed E-state index contributed by atoms with van der Waals surface area (Å²) < 4.78 is 0. The molecule has 4 heteroatoms. The van der Waals surface area contributed by atoms with Gasteiger partial charge in [-0.1, -0.05) is 97.4 Å². The molecule has 1 N–H and O–H groups in total. The number of hydrogen-bond donors (Lipinski definition) is 1. The summed E-state index contributed by atoms with van der Waals surface area (Å²) >= 11 is 0. The minimum Gasteiger partial charge on any atom is -0.352 e. The van der Waals surface area contributed by atoms with E-state index in [0.717, 1.165) is 28.7 Å². The molecule has 178 valence electrons. The van der Waals surface area contributed by atoms with E-state index in [1.165, 1.54) is 0 Å². The monoisotopic (exact) mass is 456 g/mol. The molecule has 2 amide bonds. The number of amides is 2. The number of nitrogens with one attached hydrogen (secondary N) is 1. The molecule has 0 aliphatic carbocycles. The zero-order valence-electron chi connectivity index (χ0n) is 20.7. The lowest BCUT2D eigenvalue weighted by Gasteiger charge is -2.31. The molecule has 0 bridgehead atoms. The third-order valence-electron chi connectivity index (χ3n) is 6.39. The molecular weight excluding hydrogens is 420 g/mol. The fraction of sp³-hybridized carbons (Fsp3) is 0.333. The van der Waals surface area contributed by atoms with E-state index >= 15 is 0 Å². The van der Waals surface area contributed by atoms with E-state index in [0.29, 0.717) is 13.0 Å². The Hall–Kier alpha value is -3.40. The molecule has 0 aliphatic heterocycles.